The number of amides is 1. The highest BCUT2D eigenvalue weighted by Crippen LogP contribution is 2.17. The van der Waals surface area contributed by atoms with Crippen molar-refractivity contribution >= 4 is 6.41 Å². The third-order valence-corrected chi connectivity index (χ3v) is 2.62. The zero-order valence-electron chi connectivity index (χ0n) is 8.62. The Morgan fingerprint density at radius 2 is 2.31 bits per heavy atom. The van der Waals surface area contributed by atoms with Crippen molar-refractivity contribution in [1.29, 1.82) is 0 Å². The maximum atomic E-state index is 10.7. The quantitative estimate of drug-likeness (QED) is 0.617. The van der Waals surface area contributed by atoms with Crippen molar-refractivity contribution < 1.29 is 4.79 Å². The van der Waals surface area contributed by atoms with Gasteiger partial charge in [-0.15, -0.1) is 0 Å². The Morgan fingerprint density at radius 3 is 2.85 bits per heavy atom. The molecule has 0 N–H and O–H groups in total. The minimum atomic E-state index is 0.502. The lowest BCUT2D eigenvalue weighted by Crippen LogP contribution is -2.49. The van der Waals surface area contributed by atoms with Gasteiger partial charge < -0.3 is 0 Å². The number of hydrazine groups is 1. The molecule has 13 heavy (non-hydrogen) atoms. The predicted octanol–water partition coefficient (Wildman–Crippen LogP) is 1.56. The fourth-order valence-corrected chi connectivity index (χ4v) is 1.88. The topological polar surface area (TPSA) is 23.6 Å². The lowest BCUT2D eigenvalue weighted by Gasteiger charge is -2.39. The molecular formula is C10H19N2O. The average molecular weight is 183 g/mol. The molecule has 1 heterocycles. The van der Waals surface area contributed by atoms with Gasteiger partial charge in [-0.25, -0.2) is 5.01 Å². The molecule has 75 valence electrons. The number of hydrogen-bond donors (Lipinski definition) is 0. The van der Waals surface area contributed by atoms with Crippen LogP contribution < -0.4 is 0 Å². The van der Waals surface area contributed by atoms with Gasteiger partial charge in [-0.3, -0.25) is 9.80 Å². The van der Waals surface area contributed by atoms with Crippen LogP contribution in [0.2, 0.25) is 0 Å². The Balaban J connectivity index is 2.49. The van der Waals surface area contributed by atoms with Gasteiger partial charge in [0.2, 0.25) is 0 Å². The number of hydrogen-bond acceptors (Lipinski definition) is 2. The van der Waals surface area contributed by atoms with Gasteiger partial charge in [0.1, 0.15) is 0 Å². The molecule has 1 radical (unpaired) electrons. The third-order valence-electron chi connectivity index (χ3n) is 2.62. The maximum Gasteiger partial charge on any atom is 0.327 e. The van der Waals surface area contributed by atoms with E-state index in [9.17, 15) is 4.79 Å². The first kappa shape index (κ1) is 10.5. The van der Waals surface area contributed by atoms with E-state index < -0.39 is 0 Å². The molecule has 1 amide bonds. The second-order valence-corrected chi connectivity index (χ2v) is 3.72. The molecule has 1 unspecified atom stereocenters. The molecule has 3 nitrogen and oxygen atoms in total. The maximum absolute atomic E-state index is 10.7. The van der Waals surface area contributed by atoms with E-state index in [0.29, 0.717) is 6.04 Å². The van der Waals surface area contributed by atoms with Crippen molar-refractivity contribution in [2.75, 3.05) is 13.1 Å². The molecule has 1 atom stereocenters. The normalized spacial score (nSPS) is 24.3. The number of carbonyl (C=O) groups excluding carboxylic acids is 1. The summed E-state index contributed by atoms with van der Waals surface area (Å²) >= 11 is 0. The van der Waals surface area contributed by atoms with Crippen LogP contribution in [-0.4, -0.2) is 35.6 Å². The molecule has 1 aliphatic heterocycles. The standard InChI is InChI=1S/C10H19N2O/c1-3-7-11(9-13)12-8-5-4-6-10(12)2/h10H,3-8H2,1-2H3. The predicted molar refractivity (Wildman–Crippen MR) is 52.7 cm³/mol. The fraction of sp³-hybridized carbons (Fsp3) is 0.900. The SMILES string of the molecule is CCCN([C]=O)N1CCCCC1C. The second kappa shape index (κ2) is 5.22. The summed E-state index contributed by atoms with van der Waals surface area (Å²) in [5.41, 5.74) is 0. The Kier molecular flexibility index (Phi) is 4.22. The van der Waals surface area contributed by atoms with Crippen LogP contribution in [0.3, 0.4) is 0 Å². The van der Waals surface area contributed by atoms with E-state index in [-0.39, 0.29) is 0 Å². The zero-order chi connectivity index (χ0) is 9.68. The first-order chi connectivity index (χ1) is 6.29. The highest BCUT2D eigenvalue weighted by molar-refractivity contribution is 5.47. The van der Waals surface area contributed by atoms with Crippen LogP contribution in [0.25, 0.3) is 0 Å². The Labute approximate surface area is 80.7 Å². The number of nitrogens with zero attached hydrogens (tertiary/aromatic N) is 2. The van der Waals surface area contributed by atoms with Crippen molar-refractivity contribution in [3.8, 4) is 0 Å². The Bertz CT molecular complexity index is 161. The van der Waals surface area contributed by atoms with E-state index in [1.807, 2.05) is 6.41 Å². The van der Waals surface area contributed by atoms with E-state index in [1.165, 1.54) is 19.3 Å². The minimum Gasteiger partial charge on any atom is -0.267 e. The highest BCUT2D eigenvalue weighted by Gasteiger charge is 2.22. The van der Waals surface area contributed by atoms with E-state index >= 15 is 0 Å². The van der Waals surface area contributed by atoms with Crippen molar-refractivity contribution in [3.63, 3.8) is 0 Å². The molecule has 3 heteroatoms. The second-order valence-electron chi connectivity index (χ2n) is 3.72. The van der Waals surface area contributed by atoms with E-state index in [0.717, 1.165) is 19.5 Å². The van der Waals surface area contributed by atoms with Gasteiger partial charge in [0.15, 0.2) is 0 Å². The summed E-state index contributed by atoms with van der Waals surface area (Å²) in [7, 11) is 0. The molecule has 0 aliphatic carbocycles. The third kappa shape index (κ3) is 2.69. The van der Waals surface area contributed by atoms with E-state index in [1.54, 1.807) is 5.01 Å². The molecule has 0 spiro atoms. The molecule has 0 aromatic heterocycles. The number of rotatable bonds is 4. The summed E-state index contributed by atoms with van der Waals surface area (Å²) in [6.07, 6.45) is 6.70. The van der Waals surface area contributed by atoms with Gasteiger partial charge in [0.25, 0.3) is 0 Å². The largest absolute Gasteiger partial charge is 0.327 e. The smallest absolute Gasteiger partial charge is 0.267 e. The Hall–Kier alpha value is -0.570. The molecule has 0 aromatic carbocycles. The minimum absolute atomic E-state index is 0.502. The van der Waals surface area contributed by atoms with Crippen LogP contribution in [0.15, 0.2) is 0 Å². The lowest BCUT2D eigenvalue weighted by molar-refractivity contribution is -0.0175. The molecular weight excluding hydrogens is 164 g/mol. The van der Waals surface area contributed by atoms with Gasteiger partial charge in [0, 0.05) is 19.1 Å². The van der Waals surface area contributed by atoms with Crippen LogP contribution in [0.5, 0.6) is 0 Å². The van der Waals surface area contributed by atoms with Crippen molar-refractivity contribution in [3.05, 3.63) is 0 Å². The lowest BCUT2D eigenvalue weighted by atomic mass is 10.1. The summed E-state index contributed by atoms with van der Waals surface area (Å²) in [4.78, 5) is 10.7. The van der Waals surface area contributed by atoms with Crippen LogP contribution in [0.4, 0.5) is 0 Å². The average Bonchev–Trinajstić information content (AvgIpc) is 2.16. The number of piperidine rings is 1. The van der Waals surface area contributed by atoms with Gasteiger partial charge in [-0.2, -0.15) is 0 Å². The first-order valence-corrected chi connectivity index (χ1v) is 5.21. The molecule has 1 rings (SSSR count). The summed E-state index contributed by atoms with van der Waals surface area (Å²) in [5, 5.41) is 3.86. The fourth-order valence-electron chi connectivity index (χ4n) is 1.88. The van der Waals surface area contributed by atoms with Crippen LogP contribution in [-0.2, 0) is 4.79 Å². The van der Waals surface area contributed by atoms with E-state index in [4.69, 9.17) is 0 Å². The van der Waals surface area contributed by atoms with Crippen LogP contribution in [0, 0.1) is 0 Å². The Morgan fingerprint density at radius 1 is 1.54 bits per heavy atom. The molecule has 1 aliphatic rings. The summed E-state index contributed by atoms with van der Waals surface area (Å²) in [6, 6.07) is 0.502. The van der Waals surface area contributed by atoms with Gasteiger partial charge >= 0.3 is 6.41 Å². The van der Waals surface area contributed by atoms with Crippen LogP contribution in [0.1, 0.15) is 39.5 Å². The van der Waals surface area contributed by atoms with Gasteiger partial charge in [-0.05, 0) is 26.2 Å². The van der Waals surface area contributed by atoms with Crippen molar-refractivity contribution in [2.45, 2.75) is 45.6 Å². The monoisotopic (exact) mass is 183 g/mol. The highest BCUT2D eigenvalue weighted by atomic mass is 16.1. The van der Waals surface area contributed by atoms with Crippen LogP contribution >= 0.6 is 0 Å². The van der Waals surface area contributed by atoms with E-state index in [2.05, 4.69) is 18.9 Å². The van der Waals surface area contributed by atoms with Gasteiger partial charge in [0.05, 0.1) is 0 Å². The summed E-state index contributed by atoms with van der Waals surface area (Å²) in [5.74, 6) is 0. The molecule has 0 aromatic rings. The summed E-state index contributed by atoms with van der Waals surface area (Å²) in [6.45, 7) is 6.07. The molecule has 1 fully saturated rings. The summed E-state index contributed by atoms with van der Waals surface area (Å²) < 4.78 is 0. The molecule has 0 saturated carbocycles. The van der Waals surface area contributed by atoms with Crippen molar-refractivity contribution in [2.24, 2.45) is 0 Å². The molecule has 1 saturated heterocycles. The van der Waals surface area contributed by atoms with Crippen molar-refractivity contribution in [1.82, 2.24) is 10.0 Å². The van der Waals surface area contributed by atoms with Gasteiger partial charge in [-0.1, -0.05) is 13.3 Å². The first-order valence-electron chi connectivity index (χ1n) is 5.21. The zero-order valence-corrected chi connectivity index (χ0v) is 8.62. The molecule has 0 bridgehead atoms.